The number of rotatable bonds is 0. The van der Waals surface area contributed by atoms with Gasteiger partial charge in [-0.15, -0.1) is 0 Å². The first kappa shape index (κ1) is 14.3. The predicted molar refractivity (Wildman–Crippen MR) is 81.6 cm³/mol. The first-order valence-electron chi connectivity index (χ1n) is 7.47. The third-order valence-corrected chi connectivity index (χ3v) is 5.51. The monoisotopic (exact) mass is 286 g/mol. The van der Waals surface area contributed by atoms with Crippen LogP contribution in [0.25, 0.3) is 0 Å². The zero-order valence-electron chi connectivity index (χ0n) is 13.0. The van der Waals surface area contributed by atoms with Gasteiger partial charge >= 0.3 is 0 Å². The highest BCUT2D eigenvalue weighted by Crippen LogP contribution is 2.55. The lowest BCUT2D eigenvalue weighted by Crippen LogP contribution is -2.48. The molecule has 2 N–H and O–H groups in total. The Hall–Kier alpha value is -1.61. The summed E-state index contributed by atoms with van der Waals surface area (Å²) in [5.41, 5.74) is 2.56. The molecule has 21 heavy (non-hydrogen) atoms. The molecule has 2 aliphatic carbocycles. The van der Waals surface area contributed by atoms with E-state index in [-0.39, 0.29) is 16.9 Å². The predicted octanol–water partition coefficient (Wildman–Crippen LogP) is 3.26. The average Bonchev–Trinajstić information content (AvgIpc) is 2.41. The smallest absolute Gasteiger partial charge is 0.186 e. The summed E-state index contributed by atoms with van der Waals surface area (Å²) >= 11 is 0. The van der Waals surface area contributed by atoms with Gasteiger partial charge in [-0.05, 0) is 54.7 Å². The average molecular weight is 286 g/mol. The molecule has 2 unspecified atom stereocenters. The molecule has 1 aromatic carbocycles. The number of aliphatic hydroxyl groups excluding tert-OH is 1. The van der Waals surface area contributed by atoms with Crippen molar-refractivity contribution in [2.75, 3.05) is 0 Å². The first-order chi connectivity index (χ1) is 9.68. The fraction of sp³-hybridized carbons (Fsp3) is 0.500. The van der Waals surface area contributed by atoms with Crippen LogP contribution in [0.5, 0.6) is 5.75 Å². The van der Waals surface area contributed by atoms with E-state index in [1.54, 1.807) is 25.1 Å². The minimum atomic E-state index is -0.440. The van der Waals surface area contributed by atoms with Crippen molar-refractivity contribution in [2.24, 2.45) is 5.41 Å². The van der Waals surface area contributed by atoms with Crippen LogP contribution in [-0.2, 0) is 5.41 Å². The molecule has 0 saturated heterocycles. The van der Waals surface area contributed by atoms with Crippen molar-refractivity contribution in [1.82, 2.24) is 0 Å². The second kappa shape index (κ2) is 4.20. The van der Waals surface area contributed by atoms with Gasteiger partial charge in [0.2, 0.25) is 0 Å². The number of phenolic OH excluding ortho intramolecular Hbond substituents is 1. The maximum Gasteiger partial charge on any atom is 0.186 e. The summed E-state index contributed by atoms with van der Waals surface area (Å²) in [5.74, 6) is 0.204. The van der Waals surface area contributed by atoms with Crippen molar-refractivity contribution in [1.29, 1.82) is 0 Å². The summed E-state index contributed by atoms with van der Waals surface area (Å²) in [6, 6.07) is 3.52. The van der Waals surface area contributed by atoms with Crippen LogP contribution in [0.2, 0.25) is 0 Å². The molecule has 112 valence electrons. The van der Waals surface area contributed by atoms with Crippen LogP contribution in [0.15, 0.2) is 23.8 Å². The molecule has 1 aromatic rings. The summed E-state index contributed by atoms with van der Waals surface area (Å²) < 4.78 is 0. The van der Waals surface area contributed by atoms with Crippen LogP contribution in [-0.4, -0.2) is 22.1 Å². The number of carbonyl (C=O) groups excluding carboxylic acids is 1. The van der Waals surface area contributed by atoms with E-state index in [1.807, 2.05) is 13.8 Å². The summed E-state index contributed by atoms with van der Waals surface area (Å²) in [6.45, 7) is 7.91. The van der Waals surface area contributed by atoms with Gasteiger partial charge in [-0.1, -0.05) is 20.8 Å². The van der Waals surface area contributed by atoms with Gasteiger partial charge in [-0.2, -0.15) is 0 Å². The van der Waals surface area contributed by atoms with E-state index in [9.17, 15) is 15.0 Å². The van der Waals surface area contributed by atoms with Crippen LogP contribution in [0.1, 0.15) is 55.1 Å². The Bertz CT molecular complexity index is 669. The van der Waals surface area contributed by atoms with E-state index >= 15 is 0 Å². The van der Waals surface area contributed by atoms with Crippen molar-refractivity contribution in [3.05, 3.63) is 40.5 Å². The molecule has 0 amide bonds. The van der Waals surface area contributed by atoms with Crippen molar-refractivity contribution < 1.29 is 15.0 Å². The van der Waals surface area contributed by atoms with E-state index in [1.165, 1.54) is 0 Å². The van der Waals surface area contributed by atoms with E-state index in [0.29, 0.717) is 12.0 Å². The number of carbonyl (C=O) groups is 1. The number of hydrogen-bond donors (Lipinski definition) is 2. The number of hydrogen-bond acceptors (Lipinski definition) is 3. The van der Waals surface area contributed by atoms with Gasteiger partial charge in [0.25, 0.3) is 0 Å². The first-order valence-corrected chi connectivity index (χ1v) is 7.47. The Kier molecular flexibility index (Phi) is 2.87. The van der Waals surface area contributed by atoms with Gasteiger partial charge < -0.3 is 10.2 Å². The van der Waals surface area contributed by atoms with E-state index in [2.05, 4.69) is 6.92 Å². The molecule has 3 rings (SSSR count). The van der Waals surface area contributed by atoms with Crippen molar-refractivity contribution in [3.8, 4) is 5.75 Å². The lowest BCUT2D eigenvalue weighted by Gasteiger charge is -2.51. The topological polar surface area (TPSA) is 57.5 Å². The molecule has 3 nitrogen and oxygen atoms in total. The minimum absolute atomic E-state index is 0.0252. The molecule has 0 aromatic heterocycles. The summed E-state index contributed by atoms with van der Waals surface area (Å²) in [4.78, 5) is 12.5. The largest absolute Gasteiger partial charge is 0.508 e. The normalized spacial score (nSPS) is 30.4. The van der Waals surface area contributed by atoms with Crippen LogP contribution >= 0.6 is 0 Å². The number of aliphatic hydroxyl groups is 1. The number of aryl methyl sites for hydroxylation is 1. The van der Waals surface area contributed by atoms with Crippen LogP contribution in [0, 0.1) is 12.3 Å². The SMILES string of the molecule is Cc1cc2c(cc1O)C1(C)CCC(O)C(C)(C)C1=CC2=O. The van der Waals surface area contributed by atoms with Gasteiger partial charge in [0.1, 0.15) is 5.75 Å². The van der Waals surface area contributed by atoms with Crippen molar-refractivity contribution >= 4 is 5.78 Å². The molecule has 0 heterocycles. The van der Waals surface area contributed by atoms with Crippen LogP contribution in [0.4, 0.5) is 0 Å². The van der Waals surface area contributed by atoms with E-state index < -0.39 is 11.5 Å². The second-order valence-corrected chi connectivity index (χ2v) is 7.21. The van der Waals surface area contributed by atoms with Gasteiger partial charge in [-0.25, -0.2) is 0 Å². The third kappa shape index (κ3) is 1.80. The molecular formula is C18H22O3. The van der Waals surface area contributed by atoms with E-state index in [0.717, 1.165) is 23.1 Å². The highest BCUT2D eigenvalue weighted by Gasteiger charge is 2.50. The molecule has 2 aliphatic rings. The maximum atomic E-state index is 12.5. The maximum absolute atomic E-state index is 12.5. The Morgan fingerprint density at radius 2 is 1.90 bits per heavy atom. The van der Waals surface area contributed by atoms with Crippen LogP contribution in [0.3, 0.4) is 0 Å². The van der Waals surface area contributed by atoms with Crippen LogP contribution < -0.4 is 0 Å². The molecule has 1 fully saturated rings. The lowest BCUT2D eigenvalue weighted by molar-refractivity contribution is 0.0285. The fourth-order valence-corrected chi connectivity index (χ4v) is 4.00. The molecule has 3 heteroatoms. The fourth-order valence-electron chi connectivity index (χ4n) is 4.00. The molecule has 0 spiro atoms. The number of phenols is 1. The molecule has 1 saturated carbocycles. The van der Waals surface area contributed by atoms with Gasteiger partial charge in [0.15, 0.2) is 5.78 Å². The number of allylic oxidation sites excluding steroid dienone is 1. The molecule has 0 aliphatic heterocycles. The second-order valence-electron chi connectivity index (χ2n) is 7.21. The van der Waals surface area contributed by atoms with Crippen molar-refractivity contribution in [2.45, 2.75) is 52.1 Å². The van der Waals surface area contributed by atoms with E-state index in [4.69, 9.17) is 0 Å². The number of ketones is 1. The lowest BCUT2D eigenvalue weighted by atomic mass is 9.54. The molecule has 0 bridgehead atoms. The van der Waals surface area contributed by atoms with Gasteiger partial charge in [0, 0.05) is 16.4 Å². The summed E-state index contributed by atoms with van der Waals surface area (Å²) in [6.07, 6.45) is 2.75. The number of fused-ring (bicyclic) bond motifs is 3. The zero-order valence-corrected chi connectivity index (χ0v) is 13.0. The molecule has 0 radical (unpaired) electrons. The van der Waals surface area contributed by atoms with Gasteiger partial charge in [-0.3, -0.25) is 4.79 Å². The molecule has 2 atom stereocenters. The highest BCUT2D eigenvalue weighted by atomic mass is 16.3. The Balaban J connectivity index is 2.27. The zero-order chi connectivity index (χ0) is 15.6. The highest BCUT2D eigenvalue weighted by molar-refractivity contribution is 6.08. The Morgan fingerprint density at radius 3 is 2.57 bits per heavy atom. The minimum Gasteiger partial charge on any atom is -0.508 e. The number of aromatic hydroxyl groups is 1. The summed E-state index contributed by atoms with van der Waals surface area (Å²) in [5, 5.41) is 20.4. The quantitative estimate of drug-likeness (QED) is 0.769. The number of benzene rings is 1. The Morgan fingerprint density at radius 1 is 1.24 bits per heavy atom. The Labute approximate surface area is 125 Å². The van der Waals surface area contributed by atoms with Gasteiger partial charge in [0.05, 0.1) is 6.10 Å². The third-order valence-electron chi connectivity index (χ3n) is 5.51. The standard InChI is InChI=1S/C18H22O3/c1-10-7-11-12(8-13(10)19)18(4)6-5-16(21)17(2,3)15(18)9-14(11)20/h7-9,16,19,21H,5-6H2,1-4H3. The van der Waals surface area contributed by atoms with Crippen molar-refractivity contribution in [3.63, 3.8) is 0 Å². The summed E-state index contributed by atoms with van der Waals surface area (Å²) in [7, 11) is 0. The molecular weight excluding hydrogens is 264 g/mol.